The molecule has 1 aliphatic heterocycles. The fourth-order valence-corrected chi connectivity index (χ4v) is 3.82. The molecule has 1 aromatic carbocycles. The summed E-state index contributed by atoms with van der Waals surface area (Å²) in [6.07, 6.45) is 1.61. The monoisotopic (exact) mass is 323 g/mol. The van der Waals surface area contributed by atoms with Gasteiger partial charge < -0.3 is 10.2 Å². The van der Waals surface area contributed by atoms with Gasteiger partial charge in [-0.15, -0.1) is 0 Å². The van der Waals surface area contributed by atoms with Gasteiger partial charge in [0.25, 0.3) is 0 Å². The number of nitrogens with zero attached hydrogens (tertiary/aromatic N) is 1. The highest BCUT2D eigenvalue weighted by atomic mass is 19.1. The third-order valence-corrected chi connectivity index (χ3v) is 5.12. The van der Waals surface area contributed by atoms with Gasteiger partial charge in [0.2, 0.25) is 0 Å². The summed E-state index contributed by atoms with van der Waals surface area (Å²) in [6.45, 7) is 5.07. The van der Waals surface area contributed by atoms with E-state index in [4.69, 9.17) is 0 Å². The molecule has 4 nitrogen and oxygen atoms in total. The zero-order chi connectivity index (χ0) is 17.0. The molecule has 0 aliphatic carbocycles. The van der Waals surface area contributed by atoms with E-state index in [2.05, 4.69) is 0 Å². The summed E-state index contributed by atoms with van der Waals surface area (Å²) in [5.74, 6) is -1.12. The Labute approximate surface area is 136 Å². The van der Waals surface area contributed by atoms with Crippen LogP contribution in [-0.4, -0.2) is 46.8 Å². The Balaban J connectivity index is 2.24. The molecule has 0 saturated carbocycles. The molecule has 1 fully saturated rings. The largest absolute Gasteiger partial charge is 0.480 e. The van der Waals surface area contributed by atoms with Crippen molar-refractivity contribution in [1.82, 2.24) is 4.90 Å². The quantitative estimate of drug-likeness (QED) is 0.810. The van der Waals surface area contributed by atoms with Crippen LogP contribution in [0.1, 0.15) is 38.2 Å². The smallest absolute Gasteiger partial charge is 0.321 e. The Hall–Kier alpha value is -1.46. The van der Waals surface area contributed by atoms with Gasteiger partial charge in [0.15, 0.2) is 0 Å². The molecule has 0 amide bonds. The summed E-state index contributed by atoms with van der Waals surface area (Å²) in [5, 5.41) is 19.4. The Morgan fingerprint density at radius 3 is 2.57 bits per heavy atom. The molecular formula is C18H26FNO3. The lowest BCUT2D eigenvalue weighted by Crippen LogP contribution is -2.45. The standard InChI is InChI=1S/C18H26FNO3/c1-3-12(4-2)17(18(22)23)20-9-14(11-21)16(10-20)13-6-5-7-15(19)8-13/h5-8,12,14,16-17,21H,3-4,9-11H2,1-2H3,(H,22,23)/t14-,16-,17+/m1/s1. The number of aliphatic carboxylic acids is 1. The van der Waals surface area contributed by atoms with Crippen molar-refractivity contribution < 1.29 is 19.4 Å². The van der Waals surface area contributed by atoms with E-state index in [1.165, 1.54) is 12.1 Å². The Morgan fingerprint density at radius 1 is 1.35 bits per heavy atom. The van der Waals surface area contributed by atoms with E-state index in [-0.39, 0.29) is 30.2 Å². The molecule has 3 atom stereocenters. The van der Waals surface area contributed by atoms with E-state index in [0.29, 0.717) is 13.1 Å². The molecule has 0 unspecified atom stereocenters. The number of likely N-dealkylation sites (tertiary alicyclic amines) is 1. The van der Waals surface area contributed by atoms with Crippen molar-refractivity contribution in [3.05, 3.63) is 35.6 Å². The first-order valence-corrected chi connectivity index (χ1v) is 8.34. The van der Waals surface area contributed by atoms with Crippen LogP contribution in [0.4, 0.5) is 4.39 Å². The van der Waals surface area contributed by atoms with Gasteiger partial charge in [0, 0.05) is 31.5 Å². The molecule has 2 rings (SSSR count). The number of aliphatic hydroxyl groups is 1. The van der Waals surface area contributed by atoms with Crippen LogP contribution in [0.2, 0.25) is 0 Å². The average molecular weight is 323 g/mol. The van der Waals surface area contributed by atoms with Crippen LogP contribution in [0, 0.1) is 17.7 Å². The predicted octanol–water partition coefficient (Wildman–Crippen LogP) is 2.72. The minimum Gasteiger partial charge on any atom is -0.480 e. The van der Waals surface area contributed by atoms with E-state index in [1.54, 1.807) is 6.07 Å². The number of aliphatic hydroxyl groups excluding tert-OH is 1. The third kappa shape index (κ3) is 3.90. The highest BCUT2D eigenvalue weighted by Crippen LogP contribution is 2.35. The molecule has 5 heteroatoms. The molecule has 1 aliphatic rings. The summed E-state index contributed by atoms with van der Waals surface area (Å²) in [4.78, 5) is 13.7. The highest BCUT2D eigenvalue weighted by Gasteiger charge is 2.41. The lowest BCUT2D eigenvalue weighted by molar-refractivity contribution is -0.145. The second-order valence-corrected chi connectivity index (χ2v) is 6.42. The molecule has 1 saturated heterocycles. The molecule has 1 heterocycles. The number of rotatable bonds is 7. The molecule has 0 bridgehead atoms. The highest BCUT2D eigenvalue weighted by molar-refractivity contribution is 5.74. The van der Waals surface area contributed by atoms with Crippen LogP contribution in [0.15, 0.2) is 24.3 Å². The van der Waals surface area contributed by atoms with Crippen LogP contribution in [0.25, 0.3) is 0 Å². The predicted molar refractivity (Wildman–Crippen MR) is 86.8 cm³/mol. The Morgan fingerprint density at radius 2 is 2.04 bits per heavy atom. The van der Waals surface area contributed by atoms with Crippen LogP contribution in [0.5, 0.6) is 0 Å². The number of carboxylic acids is 1. The molecule has 128 valence electrons. The van der Waals surface area contributed by atoms with Crippen LogP contribution in [-0.2, 0) is 4.79 Å². The fraction of sp³-hybridized carbons (Fsp3) is 0.611. The van der Waals surface area contributed by atoms with E-state index in [0.717, 1.165) is 18.4 Å². The van der Waals surface area contributed by atoms with Crippen LogP contribution in [0.3, 0.4) is 0 Å². The van der Waals surface area contributed by atoms with Gasteiger partial charge in [0.1, 0.15) is 11.9 Å². The van der Waals surface area contributed by atoms with Gasteiger partial charge in [-0.05, 0) is 23.6 Å². The van der Waals surface area contributed by atoms with Gasteiger partial charge in [-0.3, -0.25) is 9.69 Å². The van der Waals surface area contributed by atoms with Crippen molar-refractivity contribution in [2.45, 2.75) is 38.6 Å². The number of halogens is 1. The van der Waals surface area contributed by atoms with E-state index in [1.807, 2.05) is 24.8 Å². The fourth-order valence-electron chi connectivity index (χ4n) is 3.82. The van der Waals surface area contributed by atoms with Gasteiger partial charge >= 0.3 is 5.97 Å². The lowest BCUT2D eigenvalue weighted by Gasteiger charge is -2.30. The molecule has 0 aromatic heterocycles. The van der Waals surface area contributed by atoms with Crippen LogP contribution < -0.4 is 0 Å². The minimum atomic E-state index is -0.810. The second kappa shape index (κ2) is 7.88. The van der Waals surface area contributed by atoms with Crippen molar-refractivity contribution in [2.24, 2.45) is 11.8 Å². The summed E-state index contributed by atoms with van der Waals surface area (Å²) in [6, 6.07) is 5.86. The van der Waals surface area contributed by atoms with Crippen molar-refractivity contribution in [3.63, 3.8) is 0 Å². The summed E-state index contributed by atoms with van der Waals surface area (Å²) in [5.41, 5.74) is 0.834. The second-order valence-electron chi connectivity index (χ2n) is 6.42. The zero-order valence-electron chi connectivity index (χ0n) is 13.8. The first kappa shape index (κ1) is 17.9. The molecule has 1 aromatic rings. The molecule has 23 heavy (non-hydrogen) atoms. The summed E-state index contributed by atoms with van der Waals surface area (Å²) in [7, 11) is 0. The maximum absolute atomic E-state index is 13.5. The van der Waals surface area contributed by atoms with Crippen LogP contribution >= 0.6 is 0 Å². The van der Waals surface area contributed by atoms with E-state index >= 15 is 0 Å². The molecule has 0 spiro atoms. The van der Waals surface area contributed by atoms with Gasteiger partial charge in [-0.1, -0.05) is 38.8 Å². The Kier molecular flexibility index (Phi) is 6.13. The zero-order valence-corrected chi connectivity index (χ0v) is 13.8. The lowest BCUT2D eigenvalue weighted by atomic mass is 9.89. The molecule has 0 radical (unpaired) electrons. The van der Waals surface area contributed by atoms with Crippen molar-refractivity contribution >= 4 is 5.97 Å². The maximum Gasteiger partial charge on any atom is 0.321 e. The van der Waals surface area contributed by atoms with Crippen molar-refractivity contribution in [2.75, 3.05) is 19.7 Å². The van der Waals surface area contributed by atoms with Gasteiger partial charge in [0.05, 0.1) is 0 Å². The van der Waals surface area contributed by atoms with Gasteiger partial charge in [-0.25, -0.2) is 4.39 Å². The summed E-state index contributed by atoms with van der Waals surface area (Å²) >= 11 is 0. The van der Waals surface area contributed by atoms with E-state index < -0.39 is 12.0 Å². The molecule has 2 N–H and O–H groups in total. The minimum absolute atomic E-state index is 0.0209. The summed E-state index contributed by atoms with van der Waals surface area (Å²) < 4.78 is 13.5. The first-order chi connectivity index (χ1) is 11.0. The Bertz CT molecular complexity index is 533. The van der Waals surface area contributed by atoms with E-state index in [9.17, 15) is 19.4 Å². The van der Waals surface area contributed by atoms with Crippen molar-refractivity contribution in [1.29, 1.82) is 0 Å². The number of hydrogen-bond acceptors (Lipinski definition) is 3. The van der Waals surface area contributed by atoms with Gasteiger partial charge in [-0.2, -0.15) is 0 Å². The first-order valence-electron chi connectivity index (χ1n) is 8.34. The number of carbonyl (C=O) groups is 1. The third-order valence-electron chi connectivity index (χ3n) is 5.12. The van der Waals surface area contributed by atoms with Crippen molar-refractivity contribution in [3.8, 4) is 0 Å². The average Bonchev–Trinajstić information content (AvgIpc) is 2.95. The number of benzene rings is 1. The molecular weight excluding hydrogens is 297 g/mol. The maximum atomic E-state index is 13.5. The number of hydrogen-bond donors (Lipinski definition) is 2. The topological polar surface area (TPSA) is 60.8 Å². The number of carboxylic acid groups (broad SMARTS) is 1. The SMILES string of the molecule is CCC(CC)[C@@H](C(=O)O)N1C[C@H](CO)[C@@H](c2cccc(F)c2)C1. The normalized spacial score (nSPS) is 23.3.